The monoisotopic (exact) mass is 403 g/mol. The van der Waals surface area contributed by atoms with Crippen LogP contribution in [-0.4, -0.2) is 22.8 Å². The van der Waals surface area contributed by atoms with E-state index < -0.39 is 0 Å². The summed E-state index contributed by atoms with van der Waals surface area (Å²) in [5.74, 6) is 1.07. The lowest BCUT2D eigenvalue weighted by atomic mass is 10.1. The average Bonchev–Trinajstić information content (AvgIpc) is 3.18. The van der Waals surface area contributed by atoms with E-state index >= 15 is 0 Å². The van der Waals surface area contributed by atoms with Crippen LogP contribution >= 0.6 is 11.6 Å². The molecule has 3 aromatic carbocycles. The summed E-state index contributed by atoms with van der Waals surface area (Å²) in [6.07, 6.45) is 0. The fourth-order valence-corrected chi connectivity index (χ4v) is 3.15. The first kappa shape index (κ1) is 18.8. The van der Waals surface area contributed by atoms with E-state index in [1.54, 1.807) is 36.1 Å². The normalized spacial score (nSPS) is 10.6. The van der Waals surface area contributed by atoms with Crippen molar-refractivity contribution in [2.24, 2.45) is 0 Å². The average molecular weight is 404 g/mol. The fourth-order valence-electron chi connectivity index (χ4n) is 2.96. The largest absolute Gasteiger partial charge is 0.497 e. The summed E-state index contributed by atoms with van der Waals surface area (Å²) >= 11 is 6.02. The zero-order valence-electron chi connectivity index (χ0n) is 15.7. The molecule has 1 amide bonds. The van der Waals surface area contributed by atoms with E-state index in [1.807, 2.05) is 60.7 Å². The molecule has 4 aromatic rings. The van der Waals surface area contributed by atoms with Gasteiger partial charge in [0.05, 0.1) is 18.5 Å². The third kappa shape index (κ3) is 4.15. The number of nitrogens with one attached hydrogen (secondary N) is 1. The Kier molecular flexibility index (Phi) is 5.31. The summed E-state index contributed by atoms with van der Waals surface area (Å²) in [7, 11) is 1.63. The first-order valence-electron chi connectivity index (χ1n) is 9.01. The van der Waals surface area contributed by atoms with Gasteiger partial charge in [0.2, 0.25) is 0 Å². The number of ether oxygens (including phenoxy) is 1. The Hall–Kier alpha value is -3.57. The van der Waals surface area contributed by atoms with Gasteiger partial charge in [0, 0.05) is 22.2 Å². The van der Waals surface area contributed by atoms with E-state index in [0.29, 0.717) is 16.4 Å². The van der Waals surface area contributed by atoms with Crippen LogP contribution in [0.25, 0.3) is 16.9 Å². The summed E-state index contributed by atoms with van der Waals surface area (Å²) in [4.78, 5) is 12.8. The number of para-hydroxylation sites is 1. The molecule has 0 aliphatic carbocycles. The Labute approximate surface area is 173 Å². The number of carbonyl (C=O) groups excluding carboxylic acids is 1. The van der Waals surface area contributed by atoms with Gasteiger partial charge in [-0.2, -0.15) is 5.10 Å². The third-order valence-electron chi connectivity index (χ3n) is 4.42. The molecule has 5 nitrogen and oxygen atoms in total. The highest BCUT2D eigenvalue weighted by Gasteiger charge is 2.15. The maximum absolute atomic E-state index is 12.8. The minimum Gasteiger partial charge on any atom is -0.497 e. The Morgan fingerprint density at radius 3 is 2.41 bits per heavy atom. The van der Waals surface area contributed by atoms with Gasteiger partial charge >= 0.3 is 0 Å². The van der Waals surface area contributed by atoms with Crippen molar-refractivity contribution >= 4 is 23.3 Å². The Bertz CT molecular complexity index is 1140. The second-order valence-electron chi connectivity index (χ2n) is 6.36. The van der Waals surface area contributed by atoms with Crippen molar-refractivity contribution in [2.45, 2.75) is 0 Å². The summed E-state index contributed by atoms with van der Waals surface area (Å²) in [5, 5.41) is 8.16. The van der Waals surface area contributed by atoms with Crippen molar-refractivity contribution in [3.63, 3.8) is 0 Å². The van der Waals surface area contributed by atoms with Crippen molar-refractivity contribution in [2.75, 3.05) is 12.4 Å². The van der Waals surface area contributed by atoms with E-state index in [0.717, 1.165) is 22.7 Å². The molecule has 1 N–H and O–H groups in total. The Morgan fingerprint density at radius 1 is 0.966 bits per heavy atom. The lowest BCUT2D eigenvalue weighted by Crippen LogP contribution is -2.15. The molecule has 29 heavy (non-hydrogen) atoms. The van der Waals surface area contributed by atoms with Crippen molar-refractivity contribution in [1.82, 2.24) is 9.78 Å². The maximum Gasteiger partial charge on any atom is 0.256 e. The molecule has 0 fully saturated rings. The summed E-state index contributed by atoms with van der Waals surface area (Å²) in [5.41, 5.74) is 2.97. The molecule has 0 aliphatic heterocycles. The molecule has 1 heterocycles. The van der Waals surface area contributed by atoms with E-state index in [9.17, 15) is 4.79 Å². The van der Waals surface area contributed by atoms with Crippen LogP contribution in [0.3, 0.4) is 0 Å². The van der Waals surface area contributed by atoms with Crippen LogP contribution in [0.1, 0.15) is 10.4 Å². The summed E-state index contributed by atoms with van der Waals surface area (Å²) in [6.45, 7) is 0. The van der Waals surface area contributed by atoms with Crippen LogP contribution < -0.4 is 10.1 Å². The number of halogens is 1. The highest BCUT2D eigenvalue weighted by atomic mass is 35.5. The number of anilines is 1. The first-order chi connectivity index (χ1) is 14.1. The van der Waals surface area contributed by atoms with Gasteiger partial charge in [-0.15, -0.1) is 0 Å². The number of hydrogen-bond acceptors (Lipinski definition) is 3. The highest BCUT2D eigenvalue weighted by molar-refractivity contribution is 6.31. The number of benzene rings is 3. The second kappa shape index (κ2) is 8.20. The Balaban J connectivity index is 1.72. The van der Waals surface area contributed by atoms with Gasteiger partial charge in [-0.25, -0.2) is 4.68 Å². The molecule has 0 spiro atoms. The number of carbonyl (C=O) groups is 1. The number of hydrogen-bond donors (Lipinski definition) is 1. The minimum atomic E-state index is -0.258. The van der Waals surface area contributed by atoms with Gasteiger partial charge in [0.1, 0.15) is 11.6 Å². The van der Waals surface area contributed by atoms with E-state index in [-0.39, 0.29) is 5.91 Å². The minimum absolute atomic E-state index is 0.258. The molecule has 4 rings (SSSR count). The van der Waals surface area contributed by atoms with Crippen molar-refractivity contribution in [3.05, 3.63) is 95.5 Å². The summed E-state index contributed by atoms with van der Waals surface area (Å²) < 4.78 is 6.93. The van der Waals surface area contributed by atoms with Crippen molar-refractivity contribution in [3.8, 4) is 22.7 Å². The van der Waals surface area contributed by atoms with Crippen LogP contribution in [0, 0.1) is 0 Å². The molecule has 0 bridgehead atoms. The predicted molar refractivity (Wildman–Crippen MR) is 115 cm³/mol. The highest BCUT2D eigenvalue weighted by Crippen LogP contribution is 2.27. The molecular formula is C23H18ClN3O2. The topological polar surface area (TPSA) is 56.1 Å². The number of amides is 1. The van der Waals surface area contributed by atoms with Gasteiger partial charge in [-0.05, 0) is 54.6 Å². The van der Waals surface area contributed by atoms with Crippen LogP contribution in [0.15, 0.2) is 84.9 Å². The van der Waals surface area contributed by atoms with Crippen molar-refractivity contribution in [1.29, 1.82) is 0 Å². The molecule has 0 saturated heterocycles. The number of nitrogens with zero attached hydrogens (tertiary/aromatic N) is 2. The molecule has 0 radical (unpaired) electrons. The Morgan fingerprint density at radius 2 is 1.72 bits per heavy atom. The predicted octanol–water partition coefficient (Wildman–Crippen LogP) is 5.45. The second-order valence-corrected chi connectivity index (χ2v) is 6.79. The molecule has 144 valence electrons. The molecular weight excluding hydrogens is 386 g/mol. The van der Waals surface area contributed by atoms with Gasteiger partial charge in [0.15, 0.2) is 0 Å². The van der Waals surface area contributed by atoms with Crippen molar-refractivity contribution < 1.29 is 9.53 Å². The summed E-state index contributed by atoms with van der Waals surface area (Å²) in [6, 6.07) is 25.9. The first-order valence-corrected chi connectivity index (χ1v) is 9.39. The maximum atomic E-state index is 12.8. The molecule has 0 saturated carbocycles. The fraction of sp³-hybridized carbons (Fsp3) is 0.0435. The standard InChI is InChI=1S/C23H18ClN3O2/c1-29-20-12-10-16(11-13-20)21-15-22(27(26-21)19-8-3-2-4-9-19)25-23(28)17-6-5-7-18(24)14-17/h2-15H,1H3,(H,25,28). The quantitative estimate of drug-likeness (QED) is 0.481. The van der Waals surface area contributed by atoms with Gasteiger partial charge in [-0.3, -0.25) is 4.79 Å². The van der Waals surface area contributed by atoms with E-state index in [2.05, 4.69) is 5.32 Å². The van der Waals surface area contributed by atoms with Crippen LogP contribution in [0.4, 0.5) is 5.82 Å². The third-order valence-corrected chi connectivity index (χ3v) is 4.66. The molecule has 0 atom stereocenters. The van der Waals surface area contributed by atoms with Gasteiger partial charge in [-0.1, -0.05) is 35.9 Å². The SMILES string of the molecule is COc1ccc(-c2cc(NC(=O)c3cccc(Cl)c3)n(-c3ccccc3)n2)cc1. The lowest BCUT2D eigenvalue weighted by Gasteiger charge is -2.09. The van der Waals surface area contributed by atoms with Gasteiger partial charge < -0.3 is 10.1 Å². The zero-order valence-corrected chi connectivity index (χ0v) is 16.4. The molecule has 1 aromatic heterocycles. The van der Waals surface area contributed by atoms with Crippen LogP contribution in [0.2, 0.25) is 5.02 Å². The smallest absolute Gasteiger partial charge is 0.256 e. The molecule has 6 heteroatoms. The lowest BCUT2D eigenvalue weighted by molar-refractivity contribution is 0.102. The van der Waals surface area contributed by atoms with Gasteiger partial charge in [0.25, 0.3) is 5.91 Å². The number of methoxy groups -OCH3 is 1. The zero-order chi connectivity index (χ0) is 20.2. The van der Waals surface area contributed by atoms with E-state index in [4.69, 9.17) is 21.4 Å². The van der Waals surface area contributed by atoms with Crippen LogP contribution in [0.5, 0.6) is 5.75 Å². The van der Waals surface area contributed by atoms with E-state index in [1.165, 1.54) is 0 Å². The number of rotatable bonds is 5. The molecule has 0 unspecified atom stereocenters. The van der Waals surface area contributed by atoms with Crippen LogP contribution in [-0.2, 0) is 0 Å². The molecule has 0 aliphatic rings. The number of aromatic nitrogens is 2.